The fraction of sp³-hybridized carbons (Fsp3) is 0.375. The van der Waals surface area contributed by atoms with Crippen molar-refractivity contribution in [2.24, 2.45) is 0 Å². The fourth-order valence-electron chi connectivity index (χ4n) is 2.18. The topological polar surface area (TPSA) is 68.2 Å². The molecule has 1 heterocycles. The van der Waals surface area contributed by atoms with E-state index in [0.717, 1.165) is 35.8 Å². The van der Waals surface area contributed by atoms with Crippen molar-refractivity contribution in [3.63, 3.8) is 0 Å². The zero-order valence-electron chi connectivity index (χ0n) is 13.2. The first-order valence-electron chi connectivity index (χ1n) is 7.33. The molecule has 1 aromatic carbocycles. The molecule has 0 atom stereocenters. The van der Waals surface area contributed by atoms with Gasteiger partial charge >= 0.3 is 6.03 Å². The highest BCUT2D eigenvalue weighted by molar-refractivity contribution is 5.90. The van der Waals surface area contributed by atoms with Crippen molar-refractivity contribution in [3.05, 3.63) is 42.0 Å². The van der Waals surface area contributed by atoms with Crippen molar-refractivity contribution >= 4 is 11.7 Å². The molecule has 2 amide bonds. The highest BCUT2D eigenvalue weighted by Gasteiger charge is 2.07. The number of urea groups is 1. The molecule has 118 valence electrons. The van der Waals surface area contributed by atoms with Crippen LogP contribution in [0.3, 0.4) is 0 Å². The van der Waals surface area contributed by atoms with Crippen LogP contribution in [0.2, 0.25) is 0 Å². The van der Waals surface area contributed by atoms with Crippen LogP contribution in [0.5, 0.6) is 5.75 Å². The lowest BCUT2D eigenvalue weighted by Gasteiger charge is -2.11. The van der Waals surface area contributed by atoms with Gasteiger partial charge in [0.25, 0.3) is 0 Å². The van der Waals surface area contributed by atoms with Crippen molar-refractivity contribution in [3.8, 4) is 5.75 Å². The Bertz CT molecular complexity index is 637. The van der Waals surface area contributed by atoms with Gasteiger partial charge in [0.15, 0.2) is 0 Å². The van der Waals surface area contributed by atoms with E-state index in [2.05, 4.69) is 22.5 Å². The second kappa shape index (κ2) is 7.49. The van der Waals surface area contributed by atoms with E-state index < -0.39 is 0 Å². The largest absolute Gasteiger partial charge is 0.497 e. The average molecular weight is 302 g/mol. The summed E-state index contributed by atoms with van der Waals surface area (Å²) in [5, 5.41) is 5.66. The number of methoxy groups -OCH3 is 1. The van der Waals surface area contributed by atoms with Gasteiger partial charge in [-0.15, -0.1) is 0 Å². The lowest BCUT2D eigenvalue weighted by molar-refractivity contribution is 0.251. The Hall–Kier alpha value is -2.50. The maximum atomic E-state index is 12.0. The van der Waals surface area contributed by atoms with Crippen molar-refractivity contribution in [1.29, 1.82) is 0 Å². The average Bonchev–Trinajstić information content (AvgIpc) is 2.95. The quantitative estimate of drug-likeness (QED) is 0.862. The van der Waals surface area contributed by atoms with Crippen LogP contribution in [0.4, 0.5) is 10.5 Å². The van der Waals surface area contributed by atoms with Crippen molar-refractivity contribution < 1.29 is 9.53 Å². The first-order valence-corrected chi connectivity index (χ1v) is 7.33. The Balaban J connectivity index is 1.91. The number of aryl methyl sites for hydroxylation is 2. The minimum Gasteiger partial charge on any atom is -0.497 e. The molecule has 0 aliphatic heterocycles. The SMILES string of the molecule is CCCn1ccnc1CNC(=O)Nc1ccc(OC)cc1C. The van der Waals surface area contributed by atoms with E-state index in [1.54, 1.807) is 13.3 Å². The molecule has 0 spiro atoms. The van der Waals surface area contributed by atoms with Crippen molar-refractivity contribution in [2.75, 3.05) is 12.4 Å². The molecule has 0 saturated heterocycles. The van der Waals surface area contributed by atoms with Crippen molar-refractivity contribution in [2.45, 2.75) is 33.4 Å². The summed E-state index contributed by atoms with van der Waals surface area (Å²) in [5.41, 5.74) is 1.71. The van der Waals surface area contributed by atoms with E-state index in [9.17, 15) is 4.79 Å². The predicted octanol–water partition coefficient (Wildman–Crippen LogP) is 2.93. The summed E-state index contributed by atoms with van der Waals surface area (Å²) in [6, 6.07) is 5.27. The zero-order chi connectivity index (χ0) is 15.9. The van der Waals surface area contributed by atoms with E-state index >= 15 is 0 Å². The Morgan fingerprint density at radius 3 is 2.91 bits per heavy atom. The number of ether oxygens (including phenoxy) is 1. The lowest BCUT2D eigenvalue weighted by atomic mass is 10.2. The molecule has 2 N–H and O–H groups in total. The molecule has 6 nitrogen and oxygen atoms in total. The minimum absolute atomic E-state index is 0.251. The number of aromatic nitrogens is 2. The van der Waals surface area contributed by atoms with Crippen LogP contribution in [0, 0.1) is 6.92 Å². The van der Waals surface area contributed by atoms with Crippen LogP contribution in [0.1, 0.15) is 24.7 Å². The number of anilines is 1. The fourth-order valence-corrected chi connectivity index (χ4v) is 2.18. The maximum absolute atomic E-state index is 12.0. The van der Waals surface area contributed by atoms with Gasteiger partial charge in [0, 0.05) is 24.6 Å². The van der Waals surface area contributed by atoms with Crippen LogP contribution in [-0.2, 0) is 13.1 Å². The number of hydrogen-bond acceptors (Lipinski definition) is 3. The van der Waals surface area contributed by atoms with E-state index in [-0.39, 0.29) is 6.03 Å². The first kappa shape index (κ1) is 15.9. The van der Waals surface area contributed by atoms with E-state index in [0.29, 0.717) is 6.54 Å². The second-order valence-electron chi connectivity index (χ2n) is 5.03. The Morgan fingerprint density at radius 1 is 1.41 bits per heavy atom. The van der Waals surface area contributed by atoms with Gasteiger partial charge in [0.2, 0.25) is 0 Å². The maximum Gasteiger partial charge on any atom is 0.319 e. The molecule has 2 rings (SSSR count). The molecule has 6 heteroatoms. The number of nitrogens with zero attached hydrogens (tertiary/aromatic N) is 2. The summed E-state index contributed by atoms with van der Waals surface area (Å²) >= 11 is 0. The summed E-state index contributed by atoms with van der Waals surface area (Å²) in [4.78, 5) is 16.3. The summed E-state index contributed by atoms with van der Waals surface area (Å²) in [6.07, 6.45) is 4.70. The third-order valence-corrected chi connectivity index (χ3v) is 3.36. The van der Waals surface area contributed by atoms with E-state index in [1.165, 1.54) is 0 Å². The molecule has 0 fully saturated rings. The number of imidazole rings is 1. The van der Waals surface area contributed by atoms with Gasteiger partial charge in [-0.1, -0.05) is 6.92 Å². The summed E-state index contributed by atoms with van der Waals surface area (Å²) in [5.74, 6) is 1.62. The van der Waals surface area contributed by atoms with Crippen LogP contribution in [0.15, 0.2) is 30.6 Å². The number of amides is 2. The van der Waals surface area contributed by atoms with Gasteiger partial charge in [0.05, 0.1) is 13.7 Å². The summed E-state index contributed by atoms with van der Waals surface area (Å²) in [7, 11) is 1.62. The predicted molar refractivity (Wildman–Crippen MR) is 86.1 cm³/mol. The number of nitrogens with one attached hydrogen (secondary N) is 2. The molecule has 0 unspecified atom stereocenters. The van der Waals surface area contributed by atoms with Crippen LogP contribution in [-0.4, -0.2) is 22.7 Å². The Morgan fingerprint density at radius 2 is 2.23 bits per heavy atom. The monoisotopic (exact) mass is 302 g/mol. The second-order valence-corrected chi connectivity index (χ2v) is 5.03. The van der Waals surface area contributed by atoms with E-state index in [4.69, 9.17) is 4.74 Å². The summed E-state index contributed by atoms with van der Waals surface area (Å²) in [6.45, 7) is 5.33. The number of carbonyl (C=O) groups excluding carboxylic acids is 1. The third-order valence-electron chi connectivity index (χ3n) is 3.36. The van der Waals surface area contributed by atoms with Gasteiger partial charge < -0.3 is 19.9 Å². The van der Waals surface area contributed by atoms with E-state index in [1.807, 2.05) is 35.9 Å². The van der Waals surface area contributed by atoms with Crippen LogP contribution >= 0.6 is 0 Å². The minimum atomic E-state index is -0.251. The van der Waals surface area contributed by atoms with Crippen LogP contribution < -0.4 is 15.4 Å². The smallest absolute Gasteiger partial charge is 0.319 e. The molecule has 0 saturated carbocycles. The van der Waals surface area contributed by atoms with Gasteiger partial charge in [-0.3, -0.25) is 0 Å². The third kappa shape index (κ3) is 4.00. The molecule has 0 aliphatic rings. The van der Waals surface area contributed by atoms with Crippen molar-refractivity contribution in [1.82, 2.24) is 14.9 Å². The number of benzene rings is 1. The summed E-state index contributed by atoms with van der Waals surface area (Å²) < 4.78 is 7.19. The van der Waals surface area contributed by atoms with Gasteiger partial charge in [-0.2, -0.15) is 0 Å². The number of hydrogen-bond donors (Lipinski definition) is 2. The molecule has 22 heavy (non-hydrogen) atoms. The molecule has 0 radical (unpaired) electrons. The molecular formula is C16H22N4O2. The number of carbonyl (C=O) groups is 1. The first-order chi connectivity index (χ1) is 10.6. The zero-order valence-corrected chi connectivity index (χ0v) is 13.2. The van der Waals surface area contributed by atoms with Gasteiger partial charge in [0.1, 0.15) is 11.6 Å². The lowest BCUT2D eigenvalue weighted by Crippen LogP contribution is -2.29. The van der Waals surface area contributed by atoms with Gasteiger partial charge in [-0.25, -0.2) is 9.78 Å². The van der Waals surface area contributed by atoms with Crippen LogP contribution in [0.25, 0.3) is 0 Å². The molecular weight excluding hydrogens is 280 g/mol. The highest BCUT2D eigenvalue weighted by Crippen LogP contribution is 2.20. The normalized spacial score (nSPS) is 10.3. The molecule has 2 aromatic rings. The molecule has 0 bridgehead atoms. The molecule has 0 aliphatic carbocycles. The standard InChI is InChI=1S/C16H22N4O2/c1-4-8-20-9-7-17-15(20)11-18-16(21)19-14-6-5-13(22-3)10-12(14)2/h5-7,9-10H,4,8,11H2,1-3H3,(H2,18,19,21). The van der Waals surface area contributed by atoms with Gasteiger partial charge in [-0.05, 0) is 37.1 Å². The Labute approximate surface area is 130 Å². The highest BCUT2D eigenvalue weighted by atomic mass is 16.5. The Kier molecular flexibility index (Phi) is 5.41. The number of rotatable bonds is 6. The molecule has 1 aromatic heterocycles.